The van der Waals surface area contributed by atoms with E-state index in [1.165, 1.54) is 0 Å². The van der Waals surface area contributed by atoms with E-state index in [0.717, 1.165) is 34.3 Å². The van der Waals surface area contributed by atoms with Gasteiger partial charge in [-0.25, -0.2) is 14.2 Å². The summed E-state index contributed by atoms with van der Waals surface area (Å²) in [6, 6.07) is 5.88. The molecular weight excluding hydrogens is 485 g/mol. The highest BCUT2D eigenvalue weighted by Gasteiger charge is 2.10. The van der Waals surface area contributed by atoms with Gasteiger partial charge in [-0.05, 0) is 35.6 Å². The molecule has 1 aromatic heterocycles. The maximum atomic E-state index is 13.1. The molecule has 3 rings (SSSR count). The Morgan fingerprint density at radius 1 is 1.37 bits per heavy atom. The summed E-state index contributed by atoms with van der Waals surface area (Å²) in [5.41, 5.74) is 9.02. The Morgan fingerprint density at radius 3 is 2.66 bits per heavy atom. The second-order valence-corrected chi connectivity index (χ2v) is 9.38. The van der Waals surface area contributed by atoms with Gasteiger partial charge >= 0.3 is 5.69 Å². The van der Waals surface area contributed by atoms with Crippen molar-refractivity contribution < 1.29 is 8.78 Å². The van der Waals surface area contributed by atoms with Crippen molar-refractivity contribution in [3.8, 4) is 0 Å². The number of amidine groups is 1. The van der Waals surface area contributed by atoms with E-state index in [0.29, 0.717) is 30.3 Å². The van der Waals surface area contributed by atoms with Gasteiger partial charge in [0.15, 0.2) is 0 Å². The number of aromatic amines is 1. The van der Waals surface area contributed by atoms with Crippen LogP contribution in [0.1, 0.15) is 39.2 Å². The molecule has 0 saturated carbocycles. The number of nitrogens with one attached hydrogen (secondary N) is 1. The fraction of sp³-hybridized carbons (Fsp3) is 0.385. The topological polar surface area (TPSA) is 76.2 Å². The Hall–Kier alpha value is -2.44. The molecule has 3 N–H and O–H groups in total. The average molecular weight is 523 g/mol. The summed E-state index contributed by atoms with van der Waals surface area (Å²) in [7, 11) is 4.43. The van der Waals surface area contributed by atoms with Gasteiger partial charge in [-0.15, -0.1) is 11.8 Å². The Kier molecular flexibility index (Phi) is 14.2. The number of H-pyrrole nitrogens is 1. The number of hydrogen-bond donors (Lipinski definition) is 2. The molecule has 0 amide bonds. The second kappa shape index (κ2) is 16.3. The van der Waals surface area contributed by atoms with Crippen LogP contribution in [0.25, 0.3) is 15.9 Å². The van der Waals surface area contributed by atoms with Crippen LogP contribution in [0.15, 0.2) is 70.1 Å². The first-order chi connectivity index (χ1) is 16.8. The predicted octanol–water partition coefficient (Wildman–Crippen LogP) is 6.51. The van der Waals surface area contributed by atoms with Gasteiger partial charge in [-0.3, -0.25) is 8.96 Å². The third kappa shape index (κ3) is 9.98. The molecule has 9 heteroatoms. The van der Waals surface area contributed by atoms with Crippen LogP contribution in [0.5, 0.6) is 0 Å². The van der Waals surface area contributed by atoms with Crippen LogP contribution in [0.3, 0.4) is 0 Å². The molecule has 0 fully saturated rings. The monoisotopic (exact) mass is 522 g/mol. The van der Waals surface area contributed by atoms with Gasteiger partial charge in [0.2, 0.25) is 0 Å². The summed E-state index contributed by atoms with van der Waals surface area (Å²) in [5, 5.41) is 0. The molecule has 192 valence electrons. The number of alkyl halides is 2. The smallest absolute Gasteiger partial charge is 0.326 e. The van der Waals surface area contributed by atoms with Gasteiger partial charge in [-0.1, -0.05) is 72.9 Å². The standard InChI is InChI=1S/C13H22FP.C12H12N4OS.CH3F/c1-4-6-9-12(13(14)15)10-7-8-11(3)5-2;1-16-9-4-7(2-3-8(9)15-12(16)17)10-5-14-11(13)6-18-10;1-2/h6-11,13H,4-5,15H2,1-3H3;2-5H,6H2,1H3,(H2,13,14)(H,15,17);1H3/b8-7+,9-6-,12-10+;;. The quantitative estimate of drug-likeness (QED) is 0.322. The Morgan fingerprint density at radius 2 is 2.09 bits per heavy atom. The molecule has 2 aromatic rings. The van der Waals surface area contributed by atoms with Gasteiger partial charge in [0.05, 0.1) is 24.0 Å². The van der Waals surface area contributed by atoms with E-state index in [2.05, 4.69) is 39.1 Å². The van der Waals surface area contributed by atoms with Gasteiger partial charge in [0.1, 0.15) is 11.7 Å². The molecule has 1 aromatic carbocycles. The molecule has 0 radical (unpaired) electrons. The molecule has 1 aliphatic rings. The number of hydrogen-bond acceptors (Lipinski definition) is 4. The first kappa shape index (κ1) is 30.6. The number of thioether (sulfide) groups is 1. The predicted molar refractivity (Wildman–Crippen MR) is 153 cm³/mol. The number of fused-ring (bicyclic) bond motifs is 1. The van der Waals surface area contributed by atoms with Crippen molar-refractivity contribution in [3.63, 3.8) is 0 Å². The fourth-order valence-corrected chi connectivity index (χ4v) is 3.91. The van der Waals surface area contributed by atoms with Crippen molar-refractivity contribution in [2.24, 2.45) is 23.7 Å². The van der Waals surface area contributed by atoms with Crippen LogP contribution in [0.2, 0.25) is 0 Å². The van der Waals surface area contributed by atoms with E-state index in [9.17, 15) is 13.6 Å². The van der Waals surface area contributed by atoms with Crippen LogP contribution in [0, 0.1) is 5.92 Å². The highest BCUT2D eigenvalue weighted by Crippen LogP contribution is 2.31. The van der Waals surface area contributed by atoms with E-state index in [1.54, 1.807) is 29.6 Å². The lowest BCUT2D eigenvalue weighted by atomic mass is 10.1. The number of allylic oxidation sites excluding steroid dienone is 6. The number of aryl methyl sites for hydroxylation is 1. The maximum Gasteiger partial charge on any atom is 0.326 e. The van der Waals surface area contributed by atoms with Crippen LogP contribution in [-0.2, 0) is 7.05 Å². The normalized spacial score (nSPS) is 15.7. The van der Waals surface area contributed by atoms with Gasteiger partial charge in [0.25, 0.3) is 0 Å². The minimum Gasteiger partial charge on any atom is -0.386 e. The highest BCUT2D eigenvalue weighted by molar-refractivity contribution is 8.08. The molecule has 0 bridgehead atoms. The molecule has 1 aliphatic heterocycles. The minimum atomic E-state index is -0.977. The SMILES string of the molecule is CC\C=C/C(=C\C=C\C(C)CC)C(F)P.CF.Cn1c(=O)[nH]c2ccc(C3=CN=C(N)CS3)cc21. The summed E-state index contributed by atoms with van der Waals surface area (Å²) in [5.74, 6) is 0.920. The van der Waals surface area contributed by atoms with Crippen LogP contribution in [-0.4, -0.2) is 34.2 Å². The third-order valence-corrected chi connectivity index (χ3v) is 6.63. The van der Waals surface area contributed by atoms with Gasteiger partial charge in [0, 0.05) is 18.2 Å². The lowest BCUT2D eigenvalue weighted by Crippen LogP contribution is -2.15. The zero-order valence-corrected chi connectivity index (χ0v) is 23.1. The van der Waals surface area contributed by atoms with Crippen LogP contribution >= 0.6 is 21.0 Å². The van der Waals surface area contributed by atoms with Crippen molar-refractivity contribution >= 4 is 42.8 Å². The van der Waals surface area contributed by atoms with Crippen LogP contribution < -0.4 is 11.4 Å². The molecule has 3 atom stereocenters. The number of aromatic nitrogens is 2. The molecular formula is C26H37F2N4OPS. The van der Waals surface area contributed by atoms with Crippen molar-refractivity contribution in [3.05, 3.63) is 76.4 Å². The maximum absolute atomic E-state index is 13.1. The molecule has 0 spiro atoms. The van der Waals surface area contributed by atoms with Crippen molar-refractivity contribution in [1.29, 1.82) is 0 Å². The molecule has 0 aliphatic carbocycles. The summed E-state index contributed by atoms with van der Waals surface area (Å²) in [6.07, 6.45) is 13.5. The Bertz CT molecular complexity index is 1150. The van der Waals surface area contributed by atoms with E-state index in [4.69, 9.17) is 5.73 Å². The van der Waals surface area contributed by atoms with E-state index < -0.39 is 5.91 Å². The number of nitrogens with zero attached hydrogens (tertiary/aromatic N) is 2. The molecule has 5 nitrogen and oxygen atoms in total. The average Bonchev–Trinajstić information content (AvgIpc) is 3.15. The largest absolute Gasteiger partial charge is 0.386 e. The minimum absolute atomic E-state index is 0.102. The molecule has 0 saturated heterocycles. The summed E-state index contributed by atoms with van der Waals surface area (Å²) in [4.78, 5) is 19.5. The molecule has 2 heterocycles. The lowest BCUT2D eigenvalue weighted by Gasteiger charge is -2.10. The zero-order valence-electron chi connectivity index (χ0n) is 21.1. The summed E-state index contributed by atoms with van der Waals surface area (Å²) < 4.78 is 24.2. The Balaban J connectivity index is 0.000000334. The molecule has 3 unspecified atom stereocenters. The fourth-order valence-electron chi connectivity index (χ4n) is 2.89. The van der Waals surface area contributed by atoms with Crippen molar-refractivity contribution in [2.45, 2.75) is 39.5 Å². The van der Waals surface area contributed by atoms with E-state index in [-0.39, 0.29) is 5.69 Å². The number of aliphatic imine (C=N–C) groups is 1. The number of nitrogens with two attached hydrogens (primary N) is 1. The van der Waals surface area contributed by atoms with Crippen molar-refractivity contribution in [1.82, 2.24) is 9.55 Å². The highest BCUT2D eigenvalue weighted by atomic mass is 32.2. The van der Waals surface area contributed by atoms with Gasteiger partial charge < -0.3 is 10.7 Å². The molecule has 35 heavy (non-hydrogen) atoms. The number of halogens is 2. The summed E-state index contributed by atoms with van der Waals surface area (Å²) in [6.45, 7) is 6.34. The first-order valence-electron chi connectivity index (χ1n) is 11.4. The van der Waals surface area contributed by atoms with Crippen molar-refractivity contribution in [2.75, 3.05) is 12.9 Å². The zero-order chi connectivity index (χ0) is 26.4. The van der Waals surface area contributed by atoms with E-state index >= 15 is 0 Å². The second-order valence-electron chi connectivity index (χ2n) is 7.77. The van der Waals surface area contributed by atoms with Gasteiger partial charge in [-0.2, -0.15) is 0 Å². The Labute approximate surface area is 213 Å². The summed E-state index contributed by atoms with van der Waals surface area (Å²) >= 11 is 1.65. The number of imidazole rings is 1. The van der Waals surface area contributed by atoms with Crippen LogP contribution in [0.4, 0.5) is 8.78 Å². The third-order valence-electron chi connectivity index (χ3n) is 5.15. The van der Waals surface area contributed by atoms with E-state index in [1.807, 2.05) is 49.4 Å². The lowest BCUT2D eigenvalue weighted by molar-refractivity contribution is 0.507. The first-order valence-corrected chi connectivity index (χ1v) is 13.1. The number of benzene rings is 1. The number of rotatable bonds is 7.